The molecule has 4 aromatic rings. The normalized spacial score (nSPS) is 10.4. The first-order chi connectivity index (χ1) is 14.7. The molecule has 30 heavy (non-hydrogen) atoms. The standard InChI is InChI=1S/C25H20N2O3/c28-25(29-23-9-5-19(6-10-23)15-21-3-1-13-26-17-21)30-24-11-7-20(8-12-24)16-22-4-2-14-27-18-22/h1-14,17-18H,15-16H2. The first kappa shape index (κ1) is 19.3. The summed E-state index contributed by atoms with van der Waals surface area (Å²) in [5.74, 6) is 0.867. The molecule has 0 aliphatic rings. The lowest BCUT2D eigenvalue weighted by Crippen LogP contribution is -2.13. The van der Waals surface area contributed by atoms with Gasteiger partial charge in [-0.05, 0) is 71.5 Å². The van der Waals surface area contributed by atoms with Gasteiger partial charge in [-0.3, -0.25) is 9.97 Å². The highest BCUT2D eigenvalue weighted by molar-refractivity contribution is 5.67. The van der Waals surface area contributed by atoms with Crippen molar-refractivity contribution in [3.05, 3.63) is 120 Å². The summed E-state index contributed by atoms with van der Waals surface area (Å²) in [6.45, 7) is 0. The summed E-state index contributed by atoms with van der Waals surface area (Å²) in [6, 6.07) is 22.6. The number of rotatable bonds is 6. The number of ether oxygens (including phenoxy) is 2. The lowest BCUT2D eigenvalue weighted by Gasteiger charge is -2.07. The maximum Gasteiger partial charge on any atom is 0.519 e. The summed E-state index contributed by atoms with van der Waals surface area (Å²) in [5, 5.41) is 0. The van der Waals surface area contributed by atoms with Crippen molar-refractivity contribution in [1.29, 1.82) is 0 Å². The van der Waals surface area contributed by atoms with Crippen LogP contribution in [-0.4, -0.2) is 16.1 Å². The SMILES string of the molecule is O=C(Oc1ccc(Cc2cccnc2)cc1)Oc1ccc(Cc2cccnc2)cc1. The van der Waals surface area contributed by atoms with Crippen LogP contribution >= 0.6 is 0 Å². The third-order valence-corrected chi connectivity index (χ3v) is 4.51. The lowest BCUT2D eigenvalue weighted by atomic mass is 10.1. The second-order valence-electron chi connectivity index (χ2n) is 6.82. The van der Waals surface area contributed by atoms with Crippen LogP contribution in [-0.2, 0) is 12.8 Å². The molecule has 2 aromatic heterocycles. The molecule has 0 fully saturated rings. The molecule has 0 radical (unpaired) electrons. The van der Waals surface area contributed by atoms with Gasteiger partial charge in [0.05, 0.1) is 0 Å². The van der Waals surface area contributed by atoms with E-state index < -0.39 is 6.16 Å². The van der Waals surface area contributed by atoms with E-state index in [2.05, 4.69) is 9.97 Å². The molecular formula is C25H20N2O3. The summed E-state index contributed by atoms with van der Waals surface area (Å²) < 4.78 is 10.5. The van der Waals surface area contributed by atoms with Crippen LogP contribution in [0.15, 0.2) is 97.6 Å². The minimum absolute atomic E-state index is 0.433. The Labute approximate surface area is 175 Å². The third kappa shape index (κ3) is 5.52. The second kappa shape index (κ2) is 9.47. The Hall–Kier alpha value is -3.99. The number of carbonyl (C=O) groups excluding carboxylic acids is 1. The Bertz CT molecular complexity index is 992. The molecule has 2 aromatic carbocycles. The summed E-state index contributed by atoms with van der Waals surface area (Å²) in [4.78, 5) is 20.3. The number of carbonyl (C=O) groups is 1. The monoisotopic (exact) mass is 396 g/mol. The van der Waals surface area contributed by atoms with Crippen molar-refractivity contribution >= 4 is 6.16 Å². The first-order valence-corrected chi connectivity index (χ1v) is 9.60. The topological polar surface area (TPSA) is 61.3 Å². The molecule has 0 saturated carbocycles. The van der Waals surface area contributed by atoms with Gasteiger partial charge in [0.1, 0.15) is 11.5 Å². The van der Waals surface area contributed by atoms with Crippen LogP contribution in [0.25, 0.3) is 0 Å². The van der Waals surface area contributed by atoms with E-state index in [1.807, 2.05) is 60.9 Å². The summed E-state index contributed by atoms with van der Waals surface area (Å²) in [5.41, 5.74) is 4.45. The van der Waals surface area contributed by atoms with Crippen LogP contribution in [0.5, 0.6) is 11.5 Å². The molecule has 2 heterocycles. The van der Waals surface area contributed by atoms with E-state index in [4.69, 9.17) is 9.47 Å². The molecule has 0 atom stereocenters. The fraction of sp³-hybridized carbons (Fsp3) is 0.0800. The average Bonchev–Trinajstić information content (AvgIpc) is 2.78. The summed E-state index contributed by atoms with van der Waals surface area (Å²) in [7, 11) is 0. The van der Waals surface area contributed by atoms with Crippen molar-refractivity contribution in [2.24, 2.45) is 0 Å². The number of benzene rings is 2. The molecule has 0 saturated heterocycles. The van der Waals surface area contributed by atoms with E-state index in [1.54, 1.807) is 36.7 Å². The van der Waals surface area contributed by atoms with E-state index in [1.165, 1.54) is 0 Å². The van der Waals surface area contributed by atoms with Gasteiger partial charge in [-0.15, -0.1) is 0 Å². The molecule has 0 aliphatic heterocycles. The number of hydrogen-bond acceptors (Lipinski definition) is 5. The molecule has 0 amide bonds. The maximum atomic E-state index is 12.1. The van der Waals surface area contributed by atoms with Crippen molar-refractivity contribution in [3.8, 4) is 11.5 Å². The minimum Gasteiger partial charge on any atom is -0.395 e. The highest BCUT2D eigenvalue weighted by atomic mass is 16.7. The summed E-state index contributed by atoms with van der Waals surface area (Å²) in [6.07, 6.45) is 7.94. The van der Waals surface area contributed by atoms with E-state index in [9.17, 15) is 4.79 Å². The predicted octanol–water partition coefficient (Wildman–Crippen LogP) is 5.24. The van der Waals surface area contributed by atoms with Crippen molar-refractivity contribution in [1.82, 2.24) is 9.97 Å². The number of aromatic nitrogens is 2. The van der Waals surface area contributed by atoms with Gasteiger partial charge in [-0.25, -0.2) is 4.79 Å². The van der Waals surface area contributed by atoms with Crippen molar-refractivity contribution < 1.29 is 14.3 Å². The largest absolute Gasteiger partial charge is 0.519 e. The summed E-state index contributed by atoms with van der Waals surface area (Å²) >= 11 is 0. The van der Waals surface area contributed by atoms with E-state index in [0.717, 1.165) is 35.1 Å². The number of hydrogen-bond donors (Lipinski definition) is 0. The van der Waals surface area contributed by atoms with Crippen LogP contribution in [0.3, 0.4) is 0 Å². The van der Waals surface area contributed by atoms with Crippen LogP contribution in [0.4, 0.5) is 4.79 Å². The zero-order chi connectivity index (χ0) is 20.6. The number of pyridine rings is 2. The smallest absolute Gasteiger partial charge is 0.395 e. The van der Waals surface area contributed by atoms with E-state index in [-0.39, 0.29) is 0 Å². The Morgan fingerprint density at radius 1 is 0.600 bits per heavy atom. The highest BCUT2D eigenvalue weighted by Crippen LogP contribution is 2.18. The molecule has 0 bridgehead atoms. The predicted molar refractivity (Wildman–Crippen MR) is 114 cm³/mol. The zero-order valence-corrected chi connectivity index (χ0v) is 16.3. The van der Waals surface area contributed by atoms with Gasteiger partial charge in [-0.2, -0.15) is 0 Å². The molecule has 5 nitrogen and oxygen atoms in total. The van der Waals surface area contributed by atoms with Gasteiger partial charge < -0.3 is 9.47 Å². The molecule has 5 heteroatoms. The van der Waals surface area contributed by atoms with Gasteiger partial charge in [0.15, 0.2) is 0 Å². The molecule has 0 N–H and O–H groups in total. The number of nitrogens with zero attached hydrogens (tertiary/aromatic N) is 2. The van der Waals surface area contributed by atoms with Crippen LogP contribution in [0.2, 0.25) is 0 Å². The molecule has 0 aliphatic carbocycles. The van der Waals surface area contributed by atoms with Crippen LogP contribution < -0.4 is 9.47 Å². The minimum atomic E-state index is -0.769. The lowest BCUT2D eigenvalue weighted by molar-refractivity contribution is 0.152. The molecule has 0 unspecified atom stereocenters. The fourth-order valence-corrected chi connectivity index (χ4v) is 3.04. The van der Waals surface area contributed by atoms with Gasteiger partial charge in [0.25, 0.3) is 0 Å². The quantitative estimate of drug-likeness (QED) is 0.330. The Kier molecular flexibility index (Phi) is 6.11. The zero-order valence-electron chi connectivity index (χ0n) is 16.3. The van der Waals surface area contributed by atoms with E-state index >= 15 is 0 Å². The first-order valence-electron chi connectivity index (χ1n) is 9.60. The molecular weight excluding hydrogens is 376 g/mol. The van der Waals surface area contributed by atoms with Gasteiger partial charge >= 0.3 is 6.16 Å². The van der Waals surface area contributed by atoms with Crippen molar-refractivity contribution in [2.45, 2.75) is 12.8 Å². The third-order valence-electron chi connectivity index (χ3n) is 4.51. The molecule has 0 spiro atoms. The Morgan fingerprint density at radius 3 is 1.40 bits per heavy atom. The fourth-order valence-electron chi connectivity index (χ4n) is 3.04. The Balaban J connectivity index is 1.30. The second-order valence-corrected chi connectivity index (χ2v) is 6.82. The van der Waals surface area contributed by atoms with Gasteiger partial charge in [0.2, 0.25) is 0 Å². The Morgan fingerprint density at radius 2 is 1.03 bits per heavy atom. The van der Waals surface area contributed by atoms with Crippen molar-refractivity contribution in [2.75, 3.05) is 0 Å². The molecule has 148 valence electrons. The maximum absolute atomic E-state index is 12.1. The van der Waals surface area contributed by atoms with Crippen LogP contribution in [0.1, 0.15) is 22.3 Å². The highest BCUT2D eigenvalue weighted by Gasteiger charge is 2.08. The van der Waals surface area contributed by atoms with Crippen molar-refractivity contribution in [3.63, 3.8) is 0 Å². The average molecular weight is 396 g/mol. The van der Waals surface area contributed by atoms with E-state index in [0.29, 0.717) is 11.5 Å². The molecule has 4 rings (SSSR count). The van der Waals surface area contributed by atoms with Gasteiger partial charge in [0, 0.05) is 24.8 Å². The van der Waals surface area contributed by atoms with Gasteiger partial charge in [-0.1, -0.05) is 36.4 Å². The van der Waals surface area contributed by atoms with Crippen LogP contribution in [0, 0.1) is 0 Å².